The average molecular weight is 434 g/mol. The van der Waals surface area contributed by atoms with Gasteiger partial charge in [-0.3, -0.25) is 4.79 Å². The Morgan fingerprint density at radius 1 is 1.36 bits per heavy atom. The van der Waals surface area contributed by atoms with Gasteiger partial charge in [0.15, 0.2) is 0 Å². The number of rotatable bonds is 6. The number of carbonyl (C=O) groups excluding carboxylic acids is 1. The second-order valence-corrected chi connectivity index (χ2v) is 7.60. The van der Waals surface area contributed by atoms with Crippen molar-refractivity contribution in [2.75, 3.05) is 13.2 Å². The highest BCUT2D eigenvalue weighted by molar-refractivity contribution is 9.10. The first-order valence-corrected chi connectivity index (χ1v) is 9.52. The van der Waals surface area contributed by atoms with Gasteiger partial charge in [-0.1, -0.05) is 25.0 Å². The number of ether oxygens (including phenoxy) is 1. The van der Waals surface area contributed by atoms with Crippen molar-refractivity contribution in [1.82, 2.24) is 10.6 Å². The van der Waals surface area contributed by atoms with Gasteiger partial charge in [0.05, 0.1) is 10.5 Å². The number of carbonyl (C=O) groups is 1. The van der Waals surface area contributed by atoms with Crippen LogP contribution >= 0.6 is 28.3 Å². The van der Waals surface area contributed by atoms with Crippen molar-refractivity contribution in [3.05, 3.63) is 28.7 Å². The van der Waals surface area contributed by atoms with Crippen LogP contribution in [0.3, 0.4) is 0 Å². The Bertz CT molecular complexity index is 561. The number of aliphatic hydroxyl groups excluding tert-OH is 1. The number of para-hydroxylation sites is 1. The molecule has 3 N–H and O–H groups in total. The molecule has 4 atom stereocenters. The van der Waals surface area contributed by atoms with Crippen LogP contribution in [0.15, 0.2) is 28.7 Å². The quantitative estimate of drug-likeness (QED) is 0.645. The second kappa shape index (κ2) is 9.76. The first-order valence-electron chi connectivity index (χ1n) is 8.72. The molecule has 0 aromatic heterocycles. The minimum atomic E-state index is -0.732. The van der Waals surface area contributed by atoms with Crippen LogP contribution in [0.4, 0.5) is 0 Å². The molecule has 1 saturated carbocycles. The lowest BCUT2D eigenvalue weighted by atomic mass is 9.85. The zero-order chi connectivity index (χ0) is 16.9. The molecule has 1 aromatic rings. The summed E-state index contributed by atoms with van der Waals surface area (Å²) in [4.78, 5) is 12.3. The first kappa shape index (κ1) is 20.5. The molecule has 5 nitrogen and oxygen atoms in total. The van der Waals surface area contributed by atoms with Crippen LogP contribution in [0.1, 0.15) is 32.1 Å². The smallest absolute Gasteiger partial charge is 0.237 e. The fourth-order valence-electron chi connectivity index (χ4n) is 3.67. The van der Waals surface area contributed by atoms with Crippen molar-refractivity contribution in [3.8, 4) is 5.75 Å². The topological polar surface area (TPSA) is 70.6 Å². The molecule has 25 heavy (non-hydrogen) atoms. The number of hydrogen-bond acceptors (Lipinski definition) is 4. The fourth-order valence-corrected chi connectivity index (χ4v) is 4.07. The van der Waals surface area contributed by atoms with Crippen molar-refractivity contribution in [2.45, 2.75) is 50.3 Å². The summed E-state index contributed by atoms with van der Waals surface area (Å²) in [5, 5.41) is 16.3. The van der Waals surface area contributed by atoms with Gasteiger partial charge in [-0.05, 0) is 53.2 Å². The average Bonchev–Trinajstić information content (AvgIpc) is 3.03. The molecule has 0 bridgehead atoms. The molecule has 1 saturated heterocycles. The lowest BCUT2D eigenvalue weighted by Crippen LogP contribution is -2.45. The number of hydrogen-bond donors (Lipinski definition) is 3. The van der Waals surface area contributed by atoms with Gasteiger partial charge in [-0.15, -0.1) is 12.4 Å². The monoisotopic (exact) mass is 432 g/mol. The van der Waals surface area contributed by atoms with E-state index in [2.05, 4.69) is 26.6 Å². The van der Waals surface area contributed by atoms with Gasteiger partial charge in [0.1, 0.15) is 18.5 Å². The van der Waals surface area contributed by atoms with Crippen LogP contribution in [0.5, 0.6) is 5.75 Å². The normalized spacial score (nSPS) is 26.2. The Kier molecular flexibility index (Phi) is 8.00. The van der Waals surface area contributed by atoms with Gasteiger partial charge < -0.3 is 20.5 Å². The van der Waals surface area contributed by atoms with E-state index in [9.17, 15) is 9.90 Å². The number of nitrogens with one attached hydrogen (secondary N) is 2. The maximum atomic E-state index is 12.3. The molecule has 7 heteroatoms. The maximum absolute atomic E-state index is 12.3. The molecule has 1 heterocycles. The van der Waals surface area contributed by atoms with E-state index in [-0.39, 0.29) is 37.5 Å². The molecule has 1 aliphatic heterocycles. The zero-order valence-corrected chi connectivity index (χ0v) is 16.5. The molecular weight excluding hydrogens is 408 g/mol. The fraction of sp³-hybridized carbons (Fsp3) is 0.611. The number of fused-ring (bicyclic) bond motifs is 1. The molecule has 2 aliphatic rings. The van der Waals surface area contributed by atoms with Gasteiger partial charge in [0.2, 0.25) is 5.91 Å². The van der Waals surface area contributed by atoms with E-state index in [1.165, 1.54) is 25.7 Å². The highest BCUT2D eigenvalue weighted by Gasteiger charge is 2.38. The van der Waals surface area contributed by atoms with Gasteiger partial charge >= 0.3 is 0 Å². The minimum Gasteiger partial charge on any atom is -0.490 e. The molecule has 140 valence electrons. The SMILES string of the molecule is Cl.O=C(NCC(O)COc1ccccc1Br)C1CC2CCCCC2N1. The van der Waals surface area contributed by atoms with E-state index in [4.69, 9.17) is 4.74 Å². The van der Waals surface area contributed by atoms with Crippen LogP contribution in [0.25, 0.3) is 0 Å². The summed E-state index contributed by atoms with van der Waals surface area (Å²) < 4.78 is 6.42. The van der Waals surface area contributed by atoms with Crippen molar-refractivity contribution < 1.29 is 14.6 Å². The summed E-state index contributed by atoms with van der Waals surface area (Å²) in [6, 6.07) is 7.88. The Labute approximate surface area is 163 Å². The van der Waals surface area contributed by atoms with E-state index < -0.39 is 6.10 Å². The summed E-state index contributed by atoms with van der Waals surface area (Å²) >= 11 is 3.40. The highest BCUT2D eigenvalue weighted by atomic mass is 79.9. The highest BCUT2D eigenvalue weighted by Crippen LogP contribution is 2.33. The third-order valence-electron chi connectivity index (χ3n) is 4.96. The summed E-state index contributed by atoms with van der Waals surface area (Å²) in [6.45, 7) is 0.350. The third-order valence-corrected chi connectivity index (χ3v) is 5.61. The van der Waals surface area contributed by atoms with Gasteiger partial charge in [0, 0.05) is 12.6 Å². The van der Waals surface area contributed by atoms with Gasteiger partial charge in [0.25, 0.3) is 0 Å². The molecule has 3 rings (SSSR count). The van der Waals surface area contributed by atoms with Crippen LogP contribution in [0, 0.1) is 5.92 Å². The Morgan fingerprint density at radius 2 is 2.12 bits per heavy atom. The third kappa shape index (κ3) is 5.58. The Morgan fingerprint density at radius 3 is 2.88 bits per heavy atom. The predicted octanol–water partition coefficient (Wildman–Crippen LogP) is 2.65. The Balaban J connectivity index is 0.00000225. The molecule has 2 fully saturated rings. The summed E-state index contributed by atoms with van der Waals surface area (Å²) in [6.07, 6.45) is 5.13. The van der Waals surface area contributed by atoms with Crippen LogP contribution in [-0.2, 0) is 4.79 Å². The van der Waals surface area contributed by atoms with E-state index >= 15 is 0 Å². The standard InChI is InChI=1S/C18H25BrN2O3.ClH/c19-14-6-2-4-8-17(14)24-11-13(22)10-20-18(23)16-9-12-5-1-3-7-15(12)21-16;/h2,4,6,8,12-13,15-16,21-22H,1,3,5,7,9-11H2,(H,20,23);1H. The lowest BCUT2D eigenvalue weighted by Gasteiger charge is -2.24. The second-order valence-electron chi connectivity index (χ2n) is 6.75. The summed E-state index contributed by atoms with van der Waals surface area (Å²) in [5.74, 6) is 1.31. The van der Waals surface area contributed by atoms with E-state index in [1.54, 1.807) is 0 Å². The number of benzene rings is 1. The molecule has 4 unspecified atom stereocenters. The molecule has 0 radical (unpaired) electrons. The minimum absolute atomic E-state index is 0. The molecule has 1 aromatic carbocycles. The van der Waals surface area contributed by atoms with Gasteiger partial charge in [-0.25, -0.2) is 0 Å². The van der Waals surface area contributed by atoms with Crippen LogP contribution in [0.2, 0.25) is 0 Å². The maximum Gasteiger partial charge on any atom is 0.237 e. The van der Waals surface area contributed by atoms with Crippen LogP contribution in [-0.4, -0.2) is 42.4 Å². The summed E-state index contributed by atoms with van der Waals surface area (Å²) in [7, 11) is 0. The van der Waals surface area contributed by atoms with Crippen molar-refractivity contribution in [3.63, 3.8) is 0 Å². The molecule has 1 amide bonds. The lowest BCUT2D eigenvalue weighted by molar-refractivity contribution is -0.123. The molecule has 1 aliphatic carbocycles. The largest absolute Gasteiger partial charge is 0.490 e. The predicted molar refractivity (Wildman–Crippen MR) is 103 cm³/mol. The van der Waals surface area contributed by atoms with Crippen molar-refractivity contribution >= 4 is 34.2 Å². The van der Waals surface area contributed by atoms with Crippen molar-refractivity contribution in [2.24, 2.45) is 5.92 Å². The number of amides is 1. The van der Waals surface area contributed by atoms with Crippen LogP contribution < -0.4 is 15.4 Å². The Hall–Kier alpha value is -0.820. The van der Waals surface area contributed by atoms with Crippen molar-refractivity contribution in [1.29, 1.82) is 0 Å². The number of halogens is 2. The zero-order valence-electron chi connectivity index (χ0n) is 14.1. The molecule has 0 spiro atoms. The first-order chi connectivity index (χ1) is 11.6. The van der Waals surface area contributed by atoms with E-state index in [1.807, 2.05) is 24.3 Å². The van der Waals surface area contributed by atoms with E-state index in [0.29, 0.717) is 17.7 Å². The number of aliphatic hydroxyl groups is 1. The molecular formula is C18H26BrClN2O3. The van der Waals surface area contributed by atoms with E-state index in [0.717, 1.165) is 10.9 Å². The van der Waals surface area contributed by atoms with Gasteiger partial charge in [-0.2, -0.15) is 0 Å². The summed E-state index contributed by atoms with van der Waals surface area (Å²) in [5.41, 5.74) is 0.